The van der Waals surface area contributed by atoms with Crippen LogP contribution in [-0.2, 0) is 9.53 Å². The molecule has 0 bridgehead atoms. The number of esters is 1. The monoisotopic (exact) mass is 457 g/mol. The smallest absolute Gasteiger partial charge is 0.306 e. The van der Waals surface area contributed by atoms with E-state index in [-0.39, 0.29) is 37.0 Å². The number of carbonyl (C=O) groups is 2. The number of ether oxygens (including phenoxy) is 2. The molecular formula is C25H31NO7. The number of likely N-dealkylation sites (tertiary alicyclic amines) is 1. The molecule has 1 aliphatic rings. The third-order valence-corrected chi connectivity index (χ3v) is 5.86. The Hall–Kier alpha value is -3.26. The lowest BCUT2D eigenvalue weighted by atomic mass is 9.82. The number of hydrogen-bond acceptors (Lipinski definition) is 7. The Kier molecular flexibility index (Phi) is 7.17. The van der Waals surface area contributed by atoms with Gasteiger partial charge in [0.25, 0.3) is 5.91 Å². The second-order valence-corrected chi connectivity index (χ2v) is 9.19. The molecule has 1 saturated heterocycles. The minimum atomic E-state index is -0.694. The highest BCUT2D eigenvalue weighted by molar-refractivity contribution is 5.94. The summed E-state index contributed by atoms with van der Waals surface area (Å²) in [6.45, 7) is 5.06. The fraction of sp³-hybridized carbons (Fsp3) is 0.440. The summed E-state index contributed by atoms with van der Waals surface area (Å²) in [6, 6.07) is 11.1. The van der Waals surface area contributed by atoms with Crippen molar-refractivity contribution in [3.63, 3.8) is 0 Å². The van der Waals surface area contributed by atoms with Crippen molar-refractivity contribution in [2.45, 2.75) is 44.8 Å². The van der Waals surface area contributed by atoms with Gasteiger partial charge in [-0.1, -0.05) is 24.3 Å². The predicted octanol–water partition coefficient (Wildman–Crippen LogP) is 3.05. The number of hydrogen-bond donors (Lipinski definition) is 3. The molecule has 3 atom stereocenters. The lowest BCUT2D eigenvalue weighted by Gasteiger charge is -2.28. The Balaban J connectivity index is 2.02. The van der Waals surface area contributed by atoms with Gasteiger partial charge in [-0.3, -0.25) is 9.59 Å². The molecule has 8 heteroatoms. The van der Waals surface area contributed by atoms with E-state index < -0.39 is 35.2 Å². The number of rotatable bonds is 6. The van der Waals surface area contributed by atoms with Gasteiger partial charge in [0.15, 0.2) is 11.5 Å². The quantitative estimate of drug-likeness (QED) is 0.451. The Labute approximate surface area is 193 Å². The van der Waals surface area contributed by atoms with Crippen LogP contribution in [0, 0.1) is 5.92 Å². The molecule has 3 rings (SSSR count). The van der Waals surface area contributed by atoms with Gasteiger partial charge in [-0.25, -0.2) is 0 Å². The summed E-state index contributed by atoms with van der Waals surface area (Å²) in [4.78, 5) is 27.5. The van der Waals surface area contributed by atoms with E-state index in [1.54, 1.807) is 57.2 Å². The van der Waals surface area contributed by atoms with Gasteiger partial charge in [-0.15, -0.1) is 0 Å². The van der Waals surface area contributed by atoms with Crippen molar-refractivity contribution in [1.29, 1.82) is 0 Å². The number of aliphatic hydroxyl groups excluding tert-OH is 1. The van der Waals surface area contributed by atoms with Crippen LogP contribution >= 0.6 is 0 Å². The molecule has 0 aliphatic carbocycles. The lowest BCUT2D eigenvalue weighted by Crippen LogP contribution is -2.41. The first-order valence-corrected chi connectivity index (χ1v) is 10.8. The van der Waals surface area contributed by atoms with E-state index in [1.165, 1.54) is 18.1 Å². The fourth-order valence-corrected chi connectivity index (χ4v) is 4.42. The highest BCUT2D eigenvalue weighted by atomic mass is 16.6. The number of phenols is 2. The first-order valence-electron chi connectivity index (χ1n) is 10.8. The minimum Gasteiger partial charge on any atom is -0.504 e. The van der Waals surface area contributed by atoms with Gasteiger partial charge in [0.05, 0.1) is 26.2 Å². The van der Waals surface area contributed by atoms with Crippen LogP contribution in [-0.4, -0.2) is 64.0 Å². The van der Waals surface area contributed by atoms with Crippen molar-refractivity contribution in [2.24, 2.45) is 5.92 Å². The van der Waals surface area contributed by atoms with Crippen molar-refractivity contribution in [3.05, 3.63) is 53.6 Å². The number of phenolic OH excluding ortho intramolecular Hbond substituents is 2. The molecule has 8 nitrogen and oxygen atoms in total. The van der Waals surface area contributed by atoms with Crippen LogP contribution in [0.4, 0.5) is 0 Å². The predicted molar refractivity (Wildman–Crippen MR) is 121 cm³/mol. The lowest BCUT2D eigenvalue weighted by molar-refractivity contribution is -0.156. The van der Waals surface area contributed by atoms with Crippen molar-refractivity contribution >= 4 is 11.9 Å². The second kappa shape index (κ2) is 9.70. The molecule has 0 radical (unpaired) electrons. The van der Waals surface area contributed by atoms with E-state index in [2.05, 4.69) is 0 Å². The third-order valence-electron chi connectivity index (χ3n) is 5.86. The van der Waals surface area contributed by atoms with Crippen LogP contribution < -0.4 is 4.74 Å². The normalized spacial score (nSPS) is 20.5. The van der Waals surface area contributed by atoms with E-state index >= 15 is 0 Å². The summed E-state index contributed by atoms with van der Waals surface area (Å²) in [5.74, 6) is -2.52. The molecule has 2 aromatic carbocycles. The molecule has 3 N–H and O–H groups in total. The first-order chi connectivity index (χ1) is 15.6. The van der Waals surface area contributed by atoms with Gasteiger partial charge in [0, 0.05) is 29.5 Å². The average Bonchev–Trinajstić information content (AvgIpc) is 3.12. The van der Waals surface area contributed by atoms with Crippen LogP contribution in [0.1, 0.15) is 49.0 Å². The highest BCUT2D eigenvalue weighted by Crippen LogP contribution is 2.47. The number of benzene rings is 2. The van der Waals surface area contributed by atoms with E-state index in [9.17, 15) is 24.9 Å². The summed E-state index contributed by atoms with van der Waals surface area (Å²) >= 11 is 0. The Morgan fingerprint density at radius 1 is 1.06 bits per heavy atom. The average molecular weight is 458 g/mol. The van der Waals surface area contributed by atoms with Gasteiger partial charge in [-0.2, -0.15) is 0 Å². The zero-order valence-electron chi connectivity index (χ0n) is 19.3. The van der Waals surface area contributed by atoms with Crippen molar-refractivity contribution in [3.8, 4) is 17.2 Å². The molecule has 0 spiro atoms. The van der Waals surface area contributed by atoms with Crippen LogP contribution in [0.25, 0.3) is 0 Å². The maximum absolute atomic E-state index is 13.3. The Bertz CT molecular complexity index is 1000. The van der Waals surface area contributed by atoms with Crippen LogP contribution in [0.2, 0.25) is 0 Å². The van der Waals surface area contributed by atoms with Crippen molar-refractivity contribution < 1.29 is 34.4 Å². The molecule has 1 amide bonds. The summed E-state index contributed by atoms with van der Waals surface area (Å²) in [5.41, 5.74) is 0.123. The molecule has 0 saturated carbocycles. The van der Waals surface area contributed by atoms with Gasteiger partial charge >= 0.3 is 5.97 Å². The maximum Gasteiger partial charge on any atom is 0.306 e. The van der Waals surface area contributed by atoms with Gasteiger partial charge in [-0.05, 0) is 39.0 Å². The largest absolute Gasteiger partial charge is 0.504 e. The number of carbonyl (C=O) groups excluding carboxylic acids is 2. The van der Waals surface area contributed by atoms with Gasteiger partial charge < -0.3 is 29.7 Å². The molecule has 1 heterocycles. The SMILES string of the molecule is COc1ccc([C@H]2CN(C(=O)c3ccccc3)[C@H](CO)[C@H]2CC(=O)OC(C)(C)C)c(O)c1O. The Morgan fingerprint density at radius 3 is 2.30 bits per heavy atom. The molecule has 2 aromatic rings. The highest BCUT2D eigenvalue weighted by Gasteiger charge is 2.46. The zero-order valence-corrected chi connectivity index (χ0v) is 19.3. The number of amides is 1. The fourth-order valence-electron chi connectivity index (χ4n) is 4.42. The van der Waals surface area contributed by atoms with E-state index in [0.717, 1.165) is 0 Å². The molecular weight excluding hydrogens is 426 g/mol. The van der Waals surface area contributed by atoms with E-state index in [0.29, 0.717) is 11.1 Å². The number of methoxy groups -OCH3 is 1. The van der Waals surface area contributed by atoms with Gasteiger partial charge in [0.1, 0.15) is 5.60 Å². The van der Waals surface area contributed by atoms with Crippen LogP contribution in [0.3, 0.4) is 0 Å². The van der Waals surface area contributed by atoms with Crippen molar-refractivity contribution in [2.75, 3.05) is 20.3 Å². The second-order valence-electron chi connectivity index (χ2n) is 9.19. The van der Waals surface area contributed by atoms with Crippen LogP contribution in [0.15, 0.2) is 42.5 Å². The summed E-state index contributed by atoms with van der Waals surface area (Å²) in [6.07, 6.45) is -0.0715. The maximum atomic E-state index is 13.3. The molecule has 178 valence electrons. The first kappa shape index (κ1) is 24.4. The van der Waals surface area contributed by atoms with Crippen molar-refractivity contribution in [1.82, 2.24) is 4.90 Å². The third kappa shape index (κ3) is 5.22. The van der Waals surface area contributed by atoms with Gasteiger partial charge in [0.2, 0.25) is 5.75 Å². The van der Waals surface area contributed by atoms with E-state index in [4.69, 9.17) is 9.47 Å². The molecule has 0 aromatic heterocycles. The molecule has 33 heavy (non-hydrogen) atoms. The molecule has 1 aliphatic heterocycles. The number of aliphatic hydroxyl groups is 1. The van der Waals surface area contributed by atoms with Crippen LogP contribution in [0.5, 0.6) is 17.2 Å². The summed E-state index contributed by atoms with van der Waals surface area (Å²) in [5, 5.41) is 31.3. The Morgan fingerprint density at radius 2 is 1.73 bits per heavy atom. The minimum absolute atomic E-state index is 0.0715. The molecule has 1 fully saturated rings. The number of aromatic hydroxyl groups is 2. The number of nitrogens with zero attached hydrogens (tertiary/aromatic N) is 1. The summed E-state index contributed by atoms with van der Waals surface area (Å²) in [7, 11) is 1.37. The standard InChI is InChI=1S/C25H31NO7/c1-25(2,3)33-21(28)12-17-18(16-10-11-20(32-4)23(30)22(16)29)13-26(19(17)14-27)24(31)15-8-6-5-7-9-15/h5-11,17-19,27,29-30H,12-14H2,1-4H3/t17-,18+,19+/m0/s1. The van der Waals surface area contributed by atoms with E-state index in [1.807, 2.05) is 0 Å². The molecule has 0 unspecified atom stereocenters. The summed E-state index contributed by atoms with van der Waals surface area (Å²) < 4.78 is 10.6. The zero-order chi connectivity index (χ0) is 24.3. The topological polar surface area (TPSA) is 117 Å².